The van der Waals surface area contributed by atoms with Gasteiger partial charge in [0.05, 0.1) is 19.8 Å². The highest BCUT2D eigenvalue weighted by Gasteiger charge is 2.46. The summed E-state index contributed by atoms with van der Waals surface area (Å²) in [6.07, 6.45) is -4.50. The highest BCUT2D eigenvalue weighted by Crippen LogP contribution is 2.30. The van der Waals surface area contributed by atoms with Gasteiger partial charge in [-0.15, -0.1) is 0 Å². The molecule has 0 fully saturated rings. The van der Waals surface area contributed by atoms with Crippen LogP contribution in [-0.2, 0) is 13.3 Å². The molecule has 0 heterocycles. The van der Waals surface area contributed by atoms with Crippen LogP contribution in [0.4, 0.5) is 13.2 Å². The average Bonchev–Trinajstić information content (AvgIpc) is 2.47. The maximum Gasteiger partial charge on any atom is 0.501 e. The monoisotopic (exact) mass is 350 g/mol. The van der Waals surface area contributed by atoms with Crippen molar-refractivity contribution in [3.63, 3.8) is 0 Å². The molecule has 134 valence electrons. The lowest BCUT2D eigenvalue weighted by molar-refractivity contribution is -0.165. The van der Waals surface area contributed by atoms with Crippen molar-refractivity contribution in [1.82, 2.24) is 0 Å². The van der Waals surface area contributed by atoms with Gasteiger partial charge in [-0.1, -0.05) is 0 Å². The normalized spacial score (nSPS) is 13.6. The van der Waals surface area contributed by atoms with Crippen LogP contribution in [0.25, 0.3) is 0 Å². The number of hydrogen-bond acceptors (Lipinski definition) is 6. The molecule has 3 N–H and O–H groups in total. The van der Waals surface area contributed by atoms with Gasteiger partial charge < -0.3 is 28.6 Å². The van der Waals surface area contributed by atoms with Crippen LogP contribution in [0.1, 0.15) is 20.3 Å². The van der Waals surface area contributed by atoms with Crippen LogP contribution in [0.5, 0.6) is 0 Å². The van der Waals surface area contributed by atoms with E-state index in [1.165, 1.54) is 0 Å². The molecule has 0 aliphatic rings. The molecule has 0 unspecified atom stereocenters. The maximum atomic E-state index is 12.4. The molecule has 10 heteroatoms. The first-order valence-corrected chi connectivity index (χ1v) is 8.96. The third kappa shape index (κ3) is 7.35. The number of alkyl halides is 3. The quantitative estimate of drug-likeness (QED) is 0.454. The fourth-order valence-corrected chi connectivity index (χ4v) is 4.56. The van der Waals surface area contributed by atoms with Crippen LogP contribution in [-0.4, -0.2) is 69.9 Å². The van der Waals surface area contributed by atoms with Gasteiger partial charge in [0.15, 0.2) is 0 Å². The van der Waals surface area contributed by atoms with E-state index in [1.807, 2.05) is 0 Å². The maximum absolute atomic E-state index is 12.4. The molecule has 0 saturated carbocycles. The average molecular weight is 350 g/mol. The van der Waals surface area contributed by atoms with Crippen molar-refractivity contribution < 1.29 is 41.8 Å². The van der Waals surface area contributed by atoms with E-state index in [9.17, 15) is 28.5 Å². The van der Waals surface area contributed by atoms with E-state index in [0.29, 0.717) is 0 Å². The third-order valence-electron chi connectivity index (χ3n) is 3.15. The molecule has 0 bridgehead atoms. The molecule has 0 rings (SSSR count). The predicted molar refractivity (Wildman–Crippen MR) is 74.1 cm³/mol. The lowest BCUT2D eigenvalue weighted by Crippen LogP contribution is -2.49. The summed E-state index contributed by atoms with van der Waals surface area (Å²) in [4.78, 5) is 0. The zero-order valence-corrected chi connectivity index (χ0v) is 13.9. The molecular weight excluding hydrogens is 325 g/mol. The summed E-state index contributed by atoms with van der Waals surface area (Å²) in [7, 11) is -3.62. The van der Waals surface area contributed by atoms with Crippen LogP contribution in [0.2, 0.25) is 6.04 Å². The van der Waals surface area contributed by atoms with Gasteiger partial charge in [-0.2, -0.15) is 13.2 Å². The second-order valence-corrected chi connectivity index (χ2v) is 7.66. The summed E-state index contributed by atoms with van der Waals surface area (Å²) >= 11 is 0. The van der Waals surface area contributed by atoms with Crippen molar-refractivity contribution in [2.45, 2.75) is 32.5 Å². The Morgan fingerprint density at radius 1 is 0.864 bits per heavy atom. The van der Waals surface area contributed by atoms with Gasteiger partial charge in [0.25, 0.3) is 0 Å². The zero-order chi connectivity index (χ0) is 17.3. The molecule has 0 saturated heterocycles. The van der Waals surface area contributed by atoms with Gasteiger partial charge in [0.1, 0.15) is 6.61 Å². The Morgan fingerprint density at radius 2 is 1.32 bits per heavy atom. The molecular formula is C12H25F3O6Si. The smallest absolute Gasteiger partial charge is 0.396 e. The second kappa shape index (κ2) is 9.81. The Hall–Kier alpha value is -0.233. The minimum absolute atomic E-state index is 0.0145. The van der Waals surface area contributed by atoms with E-state index in [2.05, 4.69) is 0 Å². The minimum Gasteiger partial charge on any atom is -0.396 e. The van der Waals surface area contributed by atoms with Crippen LogP contribution < -0.4 is 0 Å². The summed E-state index contributed by atoms with van der Waals surface area (Å²) in [5.41, 5.74) is -1.21. The Balaban J connectivity index is 5.04. The summed E-state index contributed by atoms with van der Waals surface area (Å²) < 4.78 is 52.8. The molecule has 6 nitrogen and oxygen atoms in total. The van der Waals surface area contributed by atoms with E-state index < -0.39 is 46.8 Å². The molecule has 0 aliphatic heterocycles. The van der Waals surface area contributed by atoms with Gasteiger partial charge >= 0.3 is 15.0 Å². The van der Waals surface area contributed by atoms with E-state index in [0.717, 1.165) is 0 Å². The fourth-order valence-electron chi connectivity index (χ4n) is 1.78. The van der Waals surface area contributed by atoms with Crippen LogP contribution in [0.3, 0.4) is 0 Å². The lowest BCUT2D eigenvalue weighted by Gasteiger charge is -2.33. The largest absolute Gasteiger partial charge is 0.501 e. The van der Waals surface area contributed by atoms with Gasteiger partial charge in [-0.05, 0) is 20.3 Å². The standard InChI is InChI=1S/C12H25F3O6Si/c1-3-19-22(20-4-2,21-10-12(13,14)15)6-5-11(7-16,8-17)9-18/h16-18H,3-10H2,1-2H3. The van der Waals surface area contributed by atoms with Crippen molar-refractivity contribution in [3.05, 3.63) is 0 Å². The first-order valence-electron chi connectivity index (χ1n) is 7.03. The topological polar surface area (TPSA) is 88.4 Å². The van der Waals surface area contributed by atoms with Crippen molar-refractivity contribution in [1.29, 1.82) is 0 Å². The zero-order valence-electron chi connectivity index (χ0n) is 12.9. The van der Waals surface area contributed by atoms with E-state index in [-0.39, 0.29) is 25.7 Å². The Labute approximate surface area is 129 Å². The molecule has 0 atom stereocenters. The minimum atomic E-state index is -4.52. The van der Waals surface area contributed by atoms with Gasteiger partial charge in [-0.25, -0.2) is 0 Å². The number of aliphatic hydroxyl groups excluding tert-OH is 3. The summed E-state index contributed by atoms with van der Waals surface area (Å²) in [5.74, 6) is 0. The Kier molecular flexibility index (Phi) is 9.70. The van der Waals surface area contributed by atoms with E-state index in [1.54, 1.807) is 13.8 Å². The third-order valence-corrected chi connectivity index (χ3v) is 6.06. The Bertz CT molecular complexity index is 285. The number of aliphatic hydroxyl groups is 3. The van der Waals surface area contributed by atoms with Gasteiger partial charge in [-0.3, -0.25) is 0 Å². The fraction of sp³-hybridized carbons (Fsp3) is 1.00. The number of hydrogen-bond donors (Lipinski definition) is 3. The molecule has 22 heavy (non-hydrogen) atoms. The highest BCUT2D eigenvalue weighted by atomic mass is 28.4. The molecule has 0 aromatic rings. The molecule has 0 spiro atoms. The summed E-state index contributed by atoms with van der Waals surface area (Å²) in [6.45, 7) is 0.392. The molecule has 0 radical (unpaired) electrons. The lowest BCUT2D eigenvalue weighted by atomic mass is 9.88. The second-order valence-electron chi connectivity index (χ2n) is 4.93. The van der Waals surface area contributed by atoms with Gasteiger partial charge in [0.2, 0.25) is 0 Å². The Morgan fingerprint density at radius 3 is 1.64 bits per heavy atom. The van der Waals surface area contributed by atoms with Crippen LogP contribution in [0.15, 0.2) is 0 Å². The predicted octanol–water partition coefficient (Wildman–Crippen LogP) is 0.931. The van der Waals surface area contributed by atoms with E-state index in [4.69, 9.17) is 13.3 Å². The summed E-state index contributed by atoms with van der Waals surface area (Å²) in [5, 5.41) is 27.9. The van der Waals surface area contributed by atoms with Crippen LogP contribution >= 0.6 is 0 Å². The van der Waals surface area contributed by atoms with Crippen LogP contribution in [0, 0.1) is 5.41 Å². The van der Waals surface area contributed by atoms with Crippen molar-refractivity contribution >= 4 is 8.80 Å². The SMILES string of the molecule is CCO[Si](CCC(CO)(CO)CO)(OCC)OCC(F)(F)F. The summed E-state index contributed by atoms with van der Waals surface area (Å²) in [6, 6.07) is -0.0492. The molecule has 0 aromatic heterocycles. The van der Waals surface area contributed by atoms with Crippen molar-refractivity contribution in [3.8, 4) is 0 Å². The van der Waals surface area contributed by atoms with Crippen molar-refractivity contribution in [2.24, 2.45) is 5.41 Å². The number of rotatable bonds is 12. The van der Waals surface area contributed by atoms with Gasteiger partial charge in [0, 0.05) is 24.7 Å². The highest BCUT2D eigenvalue weighted by molar-refractivity contribution is 6.60. The number of halogens is 3. The first-order chi connectivity index (χ1) is 10.2. The van der Waals surface area contributed by atoms with E-state index >= 15 is 0 Å². The molecule has 0 aromatic carbocycles. The van der Waals surface area contributed by atoms with Crippen molar-refractivity contribution in [2.75, 3.05) is 39.6 Å². The first kappa shape index (κ1) is 21.8. The molecule has 0 amide bonds. The molecule has 0 aliphatic carbocycles.